The Kier molecular flexibility index (Phi) is 4.50. The summed E-state index contributed by atoms with van der Waals surface area (Å²) in [7, 11) is 0. The molecule has 1 saturated carbocycles. The summed E-state index contributed by atoms with van der Waals surface area (Å²) in [6.07, 6.45) is 8.06. The van der Waals surface area contributed by atoms with Crippen LogP contribution in [0.4, 0.5) is 0 Å². The first kappa shape index (κ1) is 13.8. The van der Waals surface area contributed by atoms with Crippen molar-refractivity contribution in [2.75, 3.05) is 19.1 Å². The maximum Gasteiger partial charge on any atom is 0.0348 e. The Morgan fingerprint density at radius 2 is 2.00 bits per heavy atom. The van der Waals surface area contributed by atoms with Gasteiger partial charge in [0, 0.05) is 26.2 Å². The van der Waals surface area contributed by atoms with Gasteiger partial charge in [0.1, 0.15) is 0 Å². The molecule has 4 heteroatoms. The average molecular weight is 332 g/mol. The summed E-state index contributed by atoms with van der Waals surface area (Å²) in [5, 5.41) is 0. The first-order valence-corrected chi connectivity index (χ1v) is 9.03. The summed E-state index contributed by atoms with van der Waals surface area (Å²) in [4.78, 5) is 2.70. The van der Waals surface area contributed by atoms with Crippen LogP contribution in [0.25, 0.3) is 0 Å². The third kappa shape index (κ3) is 2.42. The van der Waals surface area contributed by atoms with Gasteiger partial charge in [-0.25, -0.2) is 0 Å². The van der Waals surface area contributed by atoms with Crippen LogP contribution >= 0.6 is 39.5 Å². The summed E-state index contributed by atoms with van der Waals surface area (Å²) in [6, 6.07) is 4.62. The van der Waals surface area contributed by atoms with Crippen LogP contribution in [0.2, 0.25) is 0 Å². The van der Waals surface area contributed by atoms with E-state index in [0.717, 1.165) is 6.54 Å². The second kappa shape index (κ2) is 5.55. The van der Waals surface area contributed by atoms with Gasteiger partial charge in [0.2, 0.25) is 0 Å². The molecule has 0 aromatic heterocycles. The third-order valence-corrected chi connectivity index (χ3v) is 6.37. The molecule has 0 amide bonds. The summed E-state index contributed by atoms with van der Waals surface area (Å²) in [6.45, 7) is 0.770. The molecule has 1 aromatic rings. The molecule has 0 atom stereocenters. The molecule has 2 N–H and O–H groups in total. The van der Waals surface area contributed by atoms with Gasteiger partial charge in [0.25, 0.3) is 0 Å². The van der Waals surface area contributed by atoms with Crippen LogP contribution < -0.4 is 5.73 Å². The Labute approximate surface area is 120 Å². The molecule has 1 aromatic carbocycles. The van der Waals surface area contributed by atoms with Crippen molar-refractivity contribution in [2.45, 2.75) is 34.5 Å². The molecule has 94 valence electrons. The van der Waals surface area contributed by atoms with Crippen molar-refractivity contribution in [3.8, 4) is 0 Å². The maximum atomic E-state index is 5.99. The Bertz CT molecular complexity index is 411. The number of rotatable bonds is 4. The fourth-order valence-corrected chi connectivity index (χ4v) is 5.07. The second-order valence-corrected chi connectivity index (χ2v) is 7.05. The fourth-order valence-electron chi connectivity index (χ4n) is 2.44. The second-order valence-electron chi connectivity index (χ2n) is 4.53. The number of hydrogen-bond acceptors (Lipinski definition) is 3. The quantitative estimate of drug-likeness (QED) is 0.834. The van der Waals surface area contributed by atoms with E-state index in [0.29, 0.717) is 0 Å². The summed E-state index contributed by atoms with van der Waals surface area (Å²) < 4.78 is 1.21. The van der Waals surface area contributed by atoms with Crippen LogP contribution in [0, 0.1) is 0 Å². The third-order valence-electron chi connectivity index (χ3n) is 3.75. The topological polar surface area (TPSA) is 26.0 Å². The van der Waals surface area contributed by atoms with Crippen LogP contribution in [-0.4, -0.2) is 19.1 Å². The zero-order valence-electron chi connectivity index (χ0n) is 10.3. The molecule has 1 aliphatic carbocycles. The molecule has 0 bridgehead atoms. The molecule has 0 unspecified atom stereocenters. The Hall–Kier alpha value is 0.360. The summed E-state index contributed by atoms with van der Waals surface area (Å²) >= 11 is 7.32. The predicted octanol–water partition coefficient (Wildman–Crippen LogP) is 4.27. The molecule has 0 spiro atoms. The van der Waals surface area contributed by atoms with Crippen molar-refractivity contribution in [1.82, 2.24) is 0 Å². The molecular weight excluding hydrogens is 314 g/mol. The lowest BCUT2D eigenvalue weighted by atomic mass is 9.64. The standard InChI is InChI=1S/C13H18BrNS2/c1-16-11-7-9(6-10(14)12(11)17-2)13(8-15)4-3-5-13/h6-7H,3-5,8,15H2,1-2H3. The van der Waals surface area contributed by atoms with Gasteiger partial charge < -0.3 is 5.73 Å². The van der Waals surface area contributed by atoms with E-state index in [1.54, 1.807) is 11.8 Å². The van der Waals surface area contributed by atoms with Gasteiger partial charge in [0.05, 0.1) is 0 Å². The van der Waals surface area contributed by atoms with E-state index < -0.39 is 0 Å². The van der Waals surface area contributed by atoms with Gasteiger partial charge in [-0.2, -0.15) is 0 Å². The molecule has 17 heavy (non-hydrogen) atoms. The molecule has 1 fully saturated rings. The molecule has 0 radical (unpaired) electrons. The number of nitrogens with two attached hydrogens (primary N) is 1. The van der Waals surface area contributed by atoms with E-state index in [1.165, 1.54) is 39.1 Å². The molecule has 1 aliphatic rings. The van der Waals surface area contributed by atoms with Gasteiger partial charge >= 0.3 is 0 Å². The van der Waals surface area contributed by atoms with Crippen molar-refractivity contribution in [1.29, 1.82) is 0 Å². The highest BCUT2D eigenvalue weighted by molar-refractivity contribution is 9.10. The van der Waals surface area contributed by atoms with Gasteiger partial charge in [-0.1, -0.05) is 6.42 Å². The monoisotopic (exact) mass is 331 g/mol. The summed E-state index contributed by atoms with van der Waals surface area (Å²) in [5.41, 5.74) is 7.66. The van der Waals surface area contributed by atoms with Crippen LogP contribution in [-0.2, 0) is 5.41 Å². The minimum atomic E-state index is 0.254. The van der Waals surface area contributed by atoms with Crippen LogP contribution in [0.5, 0.6) is 0 Å². The predicted molar refractivity (Wildman–Crippen MR) is 82.3 cm³/mol. The van der Waals surface area contributed by atoms with Crippen molar-refractivity contribution in [3.63, 3.8) is 0 Å². The van der Waals surface area contributed by atoms with E-state index >= 15 is 0 Å². The van der Waals surface area contributed by atoms with Gasteiger partial charge in [-0.3, -0.25) is 0 Å². The van der Waals surface area contributed by atoms with Gasteiger partial charge in [0.15, 0.2) is 0 Å². The molecule has 1 nitrogen and oxygen atoms in total. The highest BCUT2D eigenvalue weighted by Crippen LogP contribution is 2.46. The van der Waals surface area contributed by atoms with E-state index in [9.17, 15) is 0 Å². The largest absolute Gasteiger partial charge is 0.330 e. The van der Waals surface area contributed by atoms with Crippen molar-refractivity contribution in [2.24, 2.45) is 5.73 Å². The molecule has 0 aliphatic heterocycles. The van der Waals surface area contributed by atoms with Crippen LogP contribution in [0.1, 0.15) is 24.8 Å². The summed E-state index contributed by atoms with van der Waals surface area (Å²) in [5.74, 6) is 0. The van der Waals surface area contributed by atoms with E-state index in [2.05, 4.69) is 40.6 Å². The maximum absolute atomic E-state index is 5.99. The zero-order valence-corrected chi connectivity index (χ0v) is 13.5. The number of benzene rings is 1. The number of halogens is 1. The smallest absolute Gasteiger partial charge is 0.0348 e. The molecule has 2 rings (SSSR count). The molecular formula is C13H18BrNS2. The van der Waals surface area contributed by atoms with Crippen molar-refractivity contribution < 1.29 is 0 Å². The van der Waals surface area contributed by atoms with Gasteiger partial charge in [-0.05, 0) is 59.0 Å². The first-order valence-electron chi connectivity index (χ1n) is 5.79. The highest BCUT2D eigenvalue weighted by Gasteiger charge is 2.37. The fraction of sp³-hybridized carbons (Fsp3) is 0.538. The lowest BCUT2D eigenvalue weighted by molar-refractivity contribution is 0.252. The lowest BCUT2D eigenvalue weighted by Crippen LogP contribution is -2.41. The van der Waals surface area contributed by atoms with Crippen LogP contribution in [0.15, 0.2) is 26.4 Å². The number of hydrogen-bond donors (Lipinski definition) is 1. The molecule has 0 saturated heterocycles. The van der Waals surface area contributed by atoms with Crippen LogP contribution in [0.3, 0.4) is 0 Å². The molecule has 0 heterocycles. The van der Waals surface area contributed by atoms with Gasteiger partial charge in [-0.15, -0.1) is 23.5 Å². The lowest BCUT2D eigenvalue weighted by Gasteiger charge is -2.42. The number of thioether (sulfide) groups is 2. The SMILES string of the molecule is CSc1cc(C2(CN)CCC2)cc(Br)c1SC. The van der Waals surface area contributed by atoms with Crippen molar-refractivity contribution in [3.05, 3.63) is 22.2 Å². The van der Waals surface area contributed by atoms with E-state index in [1.807, 2.05) is 11.8 Å². The first-order chi connectivity index (χ1) is 8.16. The highest BCUT2D eigenvalue weighted by atomic mass is 79.9. The minimum Gasteiger partial charge on any atom is -0.330 e. The van der Waals surface area contributed by atoms with E-state index in [-0.39, 0.29) is 5.41 Å². The Balaban J connectivity index is 2.46. The average Bonchev–Trinajstić information content (AvgIpc) is 2.27. The normalized spacial score (nSPS) is 17.9. The zero-order chi connectivity index (χ0) is 12.5. The van der Waals surface area contributed by atoms with Crippen molar-refractivity contribution >= 4 is 39.5 Å². The van der Waals surface area contributed by atoms with E-state index in [4.69, 9.17) is 5.73 Å². The Morgan fingerprint density at radius 1 is 1.29 bits per heavy atom. The minimum absolute atomic E-state index is 0.254. The Morgan fingerprint density at radius 3 is 2.41 bits per heavy atom.